The van der Waals surface area contributed by atoms with Crippen molar-refractivity contribution in [2.45, 2.75) is 0 Å². The van der Waals surface area contributed by atoms with Gasteiger partial charge in [0.1, 0.15) is 9.75 Å². The predicted molar refractivity (Wildman–Crippen MR) is 171 cm³/mol. The van der Waals surface area contributed by atoms with E-state index in [-0.39, 0.29) is 73.3 Å². The number of rotatable bonds is 6. The summed E-state index contributed by atoms with van der Waals surface area (Å²) in [5.41, 5.74) is -0.314. The van der Waals surface area contributed by atoms with Crippen LogP contribution in [0.2, 0.25) is 30.1 Å². The average Bonchev–Trinajstić information content (AvgIpc) is 3.31. The fraction of sp³-hybridized carbons (Fsp3) is 0.143. The molecule has 8 nitrogen and oxygen atoms in total. The Bertz CT molecular complexity index is 1660. The van der Waals surface area contributed by atoms with Gasteiger partial charge in [0, 0.05) is 49.0 Å². The number of halogens is 6. The number of hydrogen-bond donors (Lipinski definition) is 0. The molecule has 0 saturated carbocycles. The molecule has 0 aliphatic rings. The first kappa shape index (κ1) is 33.1. The van der Waals surface area contributed by atoms with Gasteiger partial charge in [-0.05, 0) is 36.4 Å². The fourth-order valence-electron chi connectivity index (χ4n) is 3.87. The Balaban J connectivity index is 1.99. The summed E-state index contributed by atoms with van der Waals surface area (Å²) in [6.45, 7) is 0. The van der Waals surface area contributed by atoms with Gasteiger partial charge in [-0.15, -0.1) is 11.3 Å². The smallest absolute Gasteiger partial charge is 0.344 e. The Morgan fingerprint density at radius 1 is 0.581 bits per heavy atom. The maximum absolute atomic E-state index is 13.6. The van der Waals surface area contributed by atoms with Crippen molar-refractivity contribution in [3.8, 4) is 11.5 Å². The highest BCUT2D eigenvalue weighted by atomic mass is 35.5. The zero-order valence-corrected chi connectivity index (χ0v) is 27.8. The van der Waals surface area contributed by atoms with Gasteiger partial charge in [-0.2, -0.15) is 0 Å². The molecule has 4 rings (SSSR count). The summed E-state index contributed by atoms with van der Waals surface area (Å²) >= 11 is 37.6. The largest absolute Gasteiger partial charge is 0.420 e. The number of ether oxygens (including phenoxy) is 2. The molecule has 0 aliphatic heterocycles. The van der Waals surface area contributed by atoms with Gasteiger partial charge >= 0.3 is 11.9 Å². The zero-order chi connectivity index (χ0) is 31.9. The summed E-state index contributed by atoms with van der Waals surface area (Å²) in [5.74, 6) is -3.40. The van der Waals surface area contributed by atoms with Crippen LogP contribution in [-0.2, 0) is 0 Å². The molecule has 0 N–H and O–H groups in total. The van der Waals surface area contributed by atoms with E-state index in [2.05, 4.69) is 0 Å². The van der Waals surface area contributed by atoms with Gasteiger partial charge in [-0.3, -0.25) is 9.59 Å². The minimum absolute atomic E-state index is 0.0114. The van der Waals surface area contributed by atoms with Crippen molar-refractivity contribution in [1.82, 2.24) is 9.80 Å². The number of nitrogens with zero attached hydrogens (tertiary/aromatic N) is 2. The molecule has 2 amide bonds. The highest BCUT2D eigenvalue weighted by Crippen LogP contribution is 2.42. The summed E-state index contributed by atoms with van der Waals surface area (Å²) in [5, 5.41) is 0.198. The predicted octanol–water partition coefficient (Wildman–Crippen LogP) is 8.66. The number of carbonyl (C=O) groups is 4. The molecule has 0 atom stereocenters. The highest BCUT2D eigenvalue weighted by Gasteiger charge is 2.32. The quantitative estimate of drug-likeness (QED) is 0.146. The molecule has 0 radical (unpaired) electrons. The lowest BCUT2D eigenvalue weighted by atomic mass is 9.99. The van der Waals surface area contributed by atoms with Crippen LogP contribution in [0.15, 0.2) is 36.4 Å². The first-order valence-corrected chi connectivity index (χ1v) is 15.0. The molecule has 224 valence electrons. The number of hydrogen-bond acceptors (Lipinski definition) is 7. The van der Waals surface area contributed by atoms with E-state index in [9.17, 15) is 19.2 Å². The Labute approximate surface area is 279 Å². The second-order valence-corrected chi connectivity index (χ2v) is 12.8. The molecular formula is C28H18Cl6N2O6S. The first-order valence-electron chi connectivity index (χ1n) is 11.9. The fourth-order valence-corrected chi connectivity index (χ4v) is 7.03. The monoisotopic (exact) mass is 720 g/mol. The molecular weight excluding hydrogens is 705 g/mol. The van der Waals surface area contributed by atoms with E-state index in [1.165, 1.54) is 74.4 Å². The van der Waals surface area contributed by atoms with Crippen LogP contribution in [0.4, 0.5) is 0 Å². The van der Waals surface area contributed by atoms with Crippen LogP contribution in [-0.4, -0.2) is 61.7 Å². The third-order valence-corrected chi connectivity index (χ3v) is 8.55. The number of thiophene rings is 1. The first-order chi connectivity index (χ1) is 20.1. The van der Waals surface area contributed by atoms with Gasteiger partial charge in [0.2, 0.25) is 0 Å². The van der Waals surface area contributed by atoms with E-state index in [1.54, 1.807) is 0 Å². The van der Waals surface area contributed by atoms with Crippen LogP contribution in [0.25, 0.3) is 10.8 Å². The van der Waals surface area contributed by atoms with E-state index in [1.807, 2.05) is 0 Å². The summed E-state index contributed by atoms with van der Waals surface area (Å²) in [6.07, 6.45) is 0. The normalized spacial score (nSPS) is 10.9. The molecule has 4 aromatic rings. The Morgan fingerprint density at radius 3 is 1.16 bits per heavy atom. The number of amides is 2. The number of fused-ring (bicyclic) bond motifs is 1. The van der Waals surface area contributed by atoms with Crippen LogP contribution in [0.1, 0.15) is 40.1 Å². The molecule has 0 unspecified atom stereocenters. The minimum atomic E-state index is -0.978. The van der Waals surface area contributed by atoms with Crippen molar-refractivity contribution in [3.05, 3.63) is 87.4 Å². The number of carbonyl (C=O) groups excluding carboxylic acids is 4. The van der Waals surface area contributed by atoms with Gasteiger partial charge in [0.25, 0.3) is 11.8 Å². The molecule has 0 fully saturated rings. The van der Waals surface area contributed by atoms with Gasteiger partial charge in [-0.25, -0.2) is 9.59 Å². The Hall–Kier alpha value is -2.76. The van der Waals surface area contributed by atoms with Crippen molar-refractivity contribution in [3.63, 3.8) is 0 Å². The molecule has 0 saturated heterocycles. The number of esters is 2. The van der Waals surface area contributed by atoms with Crippen LogP contribution in [0.3, 0.4) is 0 Å². The molecule has 0 spiro atoms. The van der Waals surface area contributed by atoms with Crippen molar-refractivity contribution in [2.24, 2.45) is 0 Å². The van der Waals surface area contributed by atoms with Crippen molar-refractivity contribution >= 4 is 115 Å². The summed E-state index contributed by atoms with van der Waals surface area (Å²) < 4.78 is 11.1. The van der Waals surface area contributed by atoms with Gasteiger partial charge in [0.15, 0.2) is 11.5 Å². The van der Waals surface area contributed by atoms with Crippen LogP contribution in [0.5, 0.6) is 11.5 Å². The minimum Gasteiger partial charge on any atom is -0.420 e. The Morgan fingerprint density at radius 2 is 0.884 bits per heavy atom. The standard InChI is InChI=1S/C28H18Cl6N2O6S/c1-35(2)25(37)23-19-13(27(39)41-21-15(31)7-11(29)8-16(21)32)5-6-14(20(19)24(43-23)26(38)36(3)4)28(40)42-22-17(33)9-12(30)10-18(22)34/h5-10H,1-4H3. The summed E-state index contributed by atoms with van der Waals surface area (Å²) in [7, 11) is 5.98. The highest BCUT2D eigenvalue weighted by molar-refractivity contribution is 7.18. The van der Waals surface area contributed by atoms with E-state index < -0.39 is 23.8 Å². The van der Waals surface area contributed by atoms with Gasteiger partial charge in [-0.1, -0.05) is 69.6 Å². The van der Waals surface area contributed by atoms with E-state index in [0.29, 0.717) is 0 Å². The molecule has 43 heavy (non-hydrogen) atoms. The van der Waals surface area contributed by atoms with E-state index in [4.69, 9.17) is 79.1 Å². The van der Waals surface area contributed by atoms with E-state index >= 15 is 0 Å². The van der Waals surface area contributed by atoms with Crippen molar-refractivity contribution in [2.75, 3.05) is 28.2 Å². The zero-order valence-electron chi connectivity index (χ0n) is 22.5. The number of benzene rings is 3. The Kier molecular flexibility index (Phi) is 10.1. The summed E-state index contributed by atoms with van der Waals surface area (Å²) in [4.78, 5) is 56.5. The molecule has 3 aromatic carbocycles. The SMILES string of the molecule is CN(C)C(=O)c1sc(C(=O)N(C)C)c2c(C(=O)Oc3c(Cl)cc(Cl)cc3Cl)ccc(C(=O)Oc3c(Cl)cc(Cl)cc3Cl)c12. The van der Waals surface area contributed by atoms with Gasteiger partial charge in [0.05, 0.1) is 31.2 Å². The molecule has 15 heteroatoms. The van der Waals surface area contributed by atoms with E-state index in [0.717, 1.165) is 11.3 Å². The molecule has 1 heterocycles. The van der Waals surface area contributed by atoms with Crippen LogP contribution < -0.4 is 9.47 Å². The molecule has 1 aromatic heterocycles. The summed E-state index contributed by atoms with van der Waals surface area (Å²) in [6, 6.07) is 7.84. The second-order valence-electron chi connectivity index (χ2n) is 9.25. The van der Waals surface area contributed by atoms with Crippen molar-refractivity contribution < 1.29 is 28.7 Å². The topological polar surface area (TPSA) is 93.2 Å². The van der Waals surface area contributed by atoms with Crippen LogP contribution in [0, 0.1) is 0 Å². The van der Waals surface area contributed by atoms with Gasteiger partial charge < -0.3 is 19.3 Å². The lowest BCUT2D eigenvalue weighted by molar-refractivity contribution is 0.0723. The average molecular weight is 723 g/mol. The third-order valence-electron chi connectivity index (χ3n) is 5.82. The van der Waals surface area contributed by atoms with Crippen molar-refractivity contribution in [1.29, 1.82) is 0 Å². The lowest BCUT2D eigenvalue weighted by Gasteiger charge is -2.14. The molecule has 0 aliphatic carbocycles. The third kappa shape index (κ3) is 6.68. The maximum atomic E-state index is 13.6. The maximum Gasteiger partial charge on any atom is 0.344 e. The lowest BCUT2D eigenvalue weighted by Crippen LogP contribution is -2.21. The van der Waals surface area contributed by atoms with Crippen LogP contribution >= 0.6 is 80.9 Å². The second kappa shape index (κ2) is 13.1. The molecule has 0 bridgehead atoms.